The first-order valence-corrected chi connectivity index (χ1v) is 8.08. The molecule has 4 nitrogen and oxygen atoms in total. The van der Waals surface area contributed by atoms with Crippen LogP contribution in [0.4, 0.5) is 0 Å². The van der Waals surface area contributed by atoms with Gasteiger partial charge in [0.15, 0.2) is 0 Å². The summed E-state index contributed by atoms with van der Waals surface area (Å²) in [4.78, 5) is 12.0. The molecule has 6 heteroatoms. The number of hydrogen-bond donors (Lipinski definition) is 1. The fourth-order valence-electron chi connectivity index (χ4n) is 2.57. The van der Waals surface area contributed by atoms with Crippen LogP contribution < -0.4 is 0 Å². The summed E-state index contributed by atoms with van der Waals surface area (Å²) >= 11 is 4.88. The molecule has 1 aliphatic heterocycles. The summed E-state index contributed by atoms with van der Waals surface area (Å²) in [5.41, 5.74) is 1.46. The van der Waals surface area contributed by atoms with Gasteiger partial charge in [0.25, 0.3) is 6.04 Å². The summed E-state index contributed by atoms with van der Waals surface area (Å²) in [5.74, 6) is 0. The largest absolute Gasteiger partial charge is 0.381 e. The van der Waals surface area contributed by atoms with E-state index < -0.39 is 17.4 Å². The molecule has 1 heterocycles. The zero-order chi connectivity index (χ0) is 15.0. The summed E-state index contributed by atoms with van der Waals surface area (Å²) in [7, 11) is 0. The minimum Gasteiger partial charge on any atom is -0.381 e. The van der Waals surface area contributed by atoms with Crippen LogP contribution in [0.25, 0.3) is 0 Å². The van der Waals surface area contributed by atoms with Crippen molar-refractivity contribution in [2.24, 2.45) is 0 Å². The van der Waals surface area contributed by atoms with Gasteiger partial charge >= 0.3 is 0 Å². The number of nitro groups is 1. The lowest BCUT2D eigenvalue weighted by Gasteiger charge is -2.31. The molecule has 2 aromatic rings. The minimum absolute atomic E-state index is 0.377. The molecule has 0 aliphatic carbocycles. The molecule has 21 heavy (non-hydrogen) atoms. The van der Waals surface area contributed by atoms with E-state index in [9.17, 15) is 15.2 Å². The number of nitrogens with zero attached hydrogens (tertiary/aromatic N) is 1. The van der Waals surface area contributed by atoms with E-state index in [0.717, 1.165) is 14.9 Å². The lowest BCUT2D eigenvalue weighted by atomic mass is 9.95. The Morgan fingerprint density at radius 3 is 2.38 bits per heavy atom. The molecule has 0 unspecified atom stereocenters. The van der Waals surface area contributed by atoms with Crippen LogP contribution in [-0.4, -0.2) is 16.1 Å². The van der Waals surface area contributed by atoms with E-state index in [4.69, 9.17) is 0 Å². The van der Waals surface area contributed by atoms with Crippen molar-refractivity contribution in [3.63, 3.8) is 0 Å². The predicted molar refractivity (Wildman–Crippen MR) is 84.9 cm³/mol. The summed E-state index contributed by atoms with van der Waals surface area (Å²) in [6, 6.07) is 13.7. The van der Waals surface area contributed by atoms with Gasteiger partial charge in [0, 0.05) is 19.9 Å². The van der Waals surface area contributed by atoms with Gasteiger partial charge in [0.1, 0.15) is 11.4 Å². The molecule has 0 radical (unpaired) electrons. The van der Waals surface area contributed by atoms with Crippen molar-refractivity contribution < 1.29 is 10.0 Å². The Bertz CT molecular complexity index is 694. The van der Waals surface area contributed by atoms with E-state index >= 15 is 0 Å². The van der Waals surface area contributed by atoms with Gasteiger partial charge in [0.05, 0.1) is 0 Å². The van der Waals surface area contributed by atoms with Gasteiger partial charge in [-0.2, -0.15) is 0 Å². The van der Waals surface area contributed by atoms with Crippen LogP contribution in [0.15, 0.2) is 57.9 Å². The first-order chi connectivity index (χ1) is 10.1. The number of aliphatic hydroxyl groups is 1. The fourth-order valence-corrected chi connectivity index (χ4v) is 4.73. The van der Waals surface area contributed by atoms with Crippen LogP contribution >= 0.6 is 27.7 Å². The molecule has 108 valence electrons. The number of hydrogen-bond acceptors (Lipinski definition) is 4. The Hall–Kier alpha value is -1.37. The van der Waals surface area contributed by atoms with E-state index in [0.29, 0.717) is 5.56 Å². The first-order valence-electron chi connectivity index (χ1n) is 6.41. The standard InChI is InChI=1S/C15H12BrNO3S/c16-11-7-3-1-5-9(11)15-13(17(19)20)14(18)10-6-2-4-8-12(10)21-15/h1-8,13-15,18H/t13-,14+,15+/m0/s1. The molecule has 3 atom stereocenters. The van der Waals surface area contributed by atoms with Gasteiger partial charge in [-0.3, -0.25) is 10.1 Å². The molecule has 0 saturated heterocycles. The Labute approximate surface area is 134 Å². The SMILES string of the molecule is O=[N+]([O-])[C@H]1[C@H](O)c2ccccc2S[C@@H]1c1ccccc1Br. The summed E-state index contributed by atoms with van der Waals surface area (Å²) in [5, 5.41) is 21.5. The molecule has 1 N–H and O–H groups in total. The molecule has 0 bridgehead atoms. The smallest absolute Gasteiger partial charge is 0.258 e. The minimum atomic E-state index is -1.10. The number of benzene rings is 2. The van der Waals surface area contributed by atoms with Crippen molar-refractivity contribution in [3.8, 4) is 0 Å². The van der Waals surface area contributed by atoms with Crippen molar-refractivity contribution in [1.82, 2.24) is 0 Å². The molecule has 0 spiro atoms. The van der Waals surface area contributed by atoms with Crippen molar-refractivity contribution >= 4 is 27.7 Å². The highest BCUT2D eigenvalue weighted by Gasteiger charge is 2.45. The Kier molecular flexibility index (Phi) is 4.01. The molecule has 0 fully saturated rings. The number of aliphatic hydroxyl groups excluding tert-OH is 1. The van der Waals surface area contributed by atoms with Crippen molar-refractivity contribution in [3.05, 3.63) is 74.2 Å². The van der Waals surface area contributed by atoms with Crippen LogP contribution in [0.3, 0.4) is 0 Å². The maximum atomic E-state index is 11.5. The van der Waals surface area contributed by atoms with Crippen molar-refractivity contribution in [1.29, 1.82) is 0 Å². The van der Waals surface area contributed by atoms with E-state index in [1.165, 1.54) is 11.8 Å². The molecular formula is C15H12BrNO3S. The molecule has 0 aromatic heterocycles. The third kappa shape index (κ3) is 2.59. The molecule has 3 rings (SSSR count). The lowest BCUT2D eigenvalue weighted by Crippen LogP contribution is -2.35. The maximum absolute atomic E-state index is 11.5. The van der Waals surface area contributed by atoms with E-state index in [2.05, 4.69) is 15.9 Å². The zero-order valence-corrected chi connectivity index (χ0v) is 13.3. The van der Waals surface area contributed by atoms with Gasteiger partial charge < -0.3 is 5.11 Å². The van der Waals surface area contributed by atoms with Gasteiger partial charge in [-0.05, 0) is 17.7 Å². The maximum Gasteiger partial charge on any atom is 0.258 e. The molecule has 0 saturated carbocycles. The summed E-state index contributed by atoms with van der Waals surface area (Å²) in [6.45, 7) is 0. The van der Waals surface area contributed by atoms with Crippen LogP contribution in [0.1, 0.15) is 22.5 Å². The number of thioether (sulfide) groups is 1. The average molecular weight is 366 g/mol. The topological polar surface area (TPSA) is 63.4 Å². The second-order valence-corrected chi connectivity index (χ2v) is 6.86. The number of fused-ring (bicyclic) bond motifs is 1. The van der Waals surface area contributed by atoms with E-state index in [1.807, 2.05) is 36.4 Å². The summed E-state index contributed by atoms with van der Waals surface area (Å²) in [6.07, 6.45) is -1.10. The number of halogens is 1. The van der Waals surface area contributed by atoms with Crippen LogP contribution in [0.2, 0.25) is 0 Å². The highest BCUT2D eigenvalue weighted by atomic mass is 79.9. The quantitative estimate of drug-likeness (QED) is 0.645. The van der Waals surface area contributed by atoms with Crippen LogP contribution in [-0.2, 0) is 0 Å². The first kappa shape index (κ1) is 14.6. The van der Waals surface area contributed by atoms with E-state index in [1.54, 1.807) is 12.1 Å². The fraction of sp³-hybridized carbons (Fsp3) is 0.200. The van der Waals surface area contributed by atoms with Gasteiger partial charge in [-0.1, -0.05) is 52.3 Å². The summed E-state index contributed by atoms with van der Waals surface area (Å²) < 4.78 is 0.820. The van der Waals surface area contributed by atoms with Gasteiger partial charge in [-0.15, -0.1) is 11.8 Å². The second kappa shape index (κ2) is 5.79. The van der Waals surface area contributed by atoms with E-state index in [-0.39, 0.29) is 4.92 Å². The zero-order valence-electron chi connectivity index (χ0n) is 10.8. The lowest BCUT2D eigenvalue weighted by molar-refractivity contribution is -0.536. The highest BCUT2D eigenvalue weighted by molar-refractivity contribution is 9.10. The molecular weight excluding hydrogens is 354 g/mol. The van der Waals surface area contributed by atoms with Crippen LogP contribution in [0.5, 0.6) is 0 Å². The monoisotopic (exact) mass is 365 g/mol. The Morgan fingerprint density at radius 1 is 1.10 bits per heavy atom. The normalized spacial score (nSPS) is 24.4. The van der Waals surface area contributed by atoms with Crippen molar-refractivity contribution in [2.45, 2.75) is 22.3 Å². The average Bonchev–Trinajstić information content (AvgIpc) is 2.47. The third-order valence-corrected chi connectivity index (χ3v) is 5.72. The Balaban J connectivity index is 2.12. The van der Waals surface area contributed by atoms with Crippen LogP contribution in [0, 0.1) is 10.1 Å². The molecule has 2 aromatic carbocycles. The Morgan fingerprint density at radius 2 is 1.71 bits per heavy atom. The van der Waals surface area contributed by atoms with Gasteiger partial charge in [-0.25, -0.2) is 0 Å². The number of rotatable bonds is 2. The molecule has 0 amide bonds. The predicted octanol–water partition coefficient (Wildman–Crippen LogP) is 3.97. The third-order valence-electron chi connectivity index (χ3n) is 3.58. The molecule has 1 aliphatic rings. The van der Waals surface area contributed by atoms with Crippen molar-refractivity contribution in [2.75, 3.05) is 0 Å². The van der Waals surface area contributed by atoms with Gasteiger partial charge in [0.2, 0.25) is 0 Å². The second-order valence-electron chi connectivity index (χ2n) is 4.82. The highest BCUT2D eigenvalue weighted by Crippen LogP contribution is 2.51.